The molecule has 0 aliphatic carbocycles. The molecule has 2 N–H and O–H groups in total. The van der Waals surface area contributed by atoms with Crippen LogP contribution in [0.25, 0.3) is 0 Å². The molecular weight excluding hydrogens is 288 g/mol. The number of thioether (sulfide) groups is 1. The summed E-state index contributed by atoms with van der Waals surface area (Å²) in [6, 6.07) is 7.00. The average Bonchev–Trinajstić information content (AvgIpc) is 2.52. The lowest BCUT2D eigenvalue weighted by atomic mass is 10.2. The number of hydrogen-bond donors (Lipinski definition) is 1. The zero-order valence-electron chi connectivity index (χ0n) is 12.9. The van der Waals surface area contributed by atoms with E-state index >= 15 is 0 Å². The highest BCUT2D eigenvalue weighted by atomic mass is 32.2. The van der Waals surface area contributed by atoms with E-state index in [0.717, 1.165) is 5.75 Å². The summed E-state index contributed by atoms with van der Waals surface area (Å²) >= 11 is 1.69. The summed E-state index contributed by atoms with van der Waals surface area (Å²) in [5.74, 6) is 2.20. The van der Waals surface area contributed by atoms with Gasteiger partial charge >= 0.3 is 0 Å². The van der Waals surface area contributed by atoms with Crippen molar-refractivity contribution in [2.75, 3.05) is 39.3 Å². The molecule has 0 radical (unpaired) electrons. The number of nitrogens with zero attached hydrogens (tertiary/aromatic N) is 1. The Labute approximate surface area is 130 Å². The van der Waals surface area contributed by atoms with Gasteiger partial charge in [-0.3, -0.25) is 4.79 Å². The van der Waals surface area contributed by atoms with Crippen LogP contribution in [0.15, 0.2) is 24.3 Å². The van der Waals surface area contributed by atoms with Gasteiger partial charge in [-0.15, -0.1) is 0 Å². The molecule has 0 saturated heterocycles. The third kappa shape index (κ3) is 5.85. The Morgan fingerprint density at radius 3 is 2.67 bits per heavy atom. The Kier molecular flexibility index (Phi) is 8.00. The van der Waals surface area contributed by atoms with Crippen LogP contribution in [0.4, 0.5) is 0 Å². The number of carbonyl (C=O) groups is 1. The Bertz CT molecular complexity index is 443. The number of benzene rings is 1. The van der Waals surface area contributed by atoms with E-state index in [-0.39, 0.29) is 5.91 Å². The molecular formula is C15H24N2O3S. The Morgan fingerprint density at radius 2 is 2.05 bits per heavy atom. The monoisotopic (exact) mass is 312 g/mol. The number of hydrogen-bond acceptors (Lipinski definition) is 5. The van der Waals surface area contributed by atoms with E-state index in [9.17, 15) is 4.79 Å². The molecule has 0 heterocycles. The third-order valence-corrected chi connectivity index (χ3v) is 3.72. The normalized spacial score (nSPS) is 11.8. The maximum atomic E-state index is 12.0. The molecule has 118 valence electrons. The summed E-state index contributed by atoms with van der Waals surface area (Å²) in [7, 11) is 3.34. The summed E-state index contributed by atoms with van der Waals surface area (Å²) in [5.41, 5.74) is 5.87. The molecule has 0 saturated carbocycles. The fraction of sp³-hybridized carbons (Fsp3) is 0.533. The van der Waals surface area contributed by atoms with Gasteiger partial charge in [0.05, 0.1) is 19.7 Å². The number of likely N-dealkylation sites (N-methyl/N-ethyl adjacent to an activating group) is 1. The van der Waals surface area contributed by atoms with Crippen LogP contribution in [0.1, 0.15) is 6.42 Å². The number of methoxy groups -OCH3 is 1. The fourth-order valence-corrected chi connectivity index (χ4v) is 2.28. The molecule has 0 spiro atoms. The largest absolute Gasteiger partial charge is 0.493 e. The summed E-state index contributed by atoms with van der Waals surface area (Å²) in [6.07, 6.45) is 2.69. The van der Waals surface area contributed by atoms with Gasteiger partial charge in [0.25, 0.3) is 0 Å². The molecule has 1 aromatic carbocycles. The van der Waals surface area contributed by atoms with Crippen LogP contribution in [-0.2, 0) is 4.79 Å². The van der Waals surface area contributed by atoms with E-state index < -0.39 is 6.04 Å². The zero-order valence-corrected chi connectivity index (χ0v) is 13.7. The van der Waals surface area contributed by atoms with Gasteiger partial charge in [-0.1, -0.05) is 12.1 Å². The number of ether oxygens (including phenoxy) is 2. The van der Waals surface area contributed by atoms with Crippen molar-refractivity contribution in [3.63, 3.8) is 0 Å². The van der Waals surface area contributed by atoms with Gasteiger partial charge in [-0.2, -0.15) is 11.8 Å². The standard InChI is InChI=1S/C15H24N2O3S/c1-17(15(18)12(16)8-11-21-3)9-10-20-14-7-5-4-6-13(14)19-2/h4-7,12H,8-11,16H2,1-3H3/t12-/m0/s1. The minimum Gasteiger partial charge on any atom is -0.493 e. The van der Waals surface area contributed by atoms with Crippen molar-refractivity contribution in [3.05, 3.63) is 24.3 Å². The Hall–Kier alpha value is -1.40. The smallest absolute Gasteiger partial charge is 0.239 e. The van der Waals surface area contributed by atoms with Gasteiger partial charge in [0.15, 0.2) is 11.5 Å². The molecule has 5 nitrogen and oxygen atoms in total. The SMILES string of the molecule is COc1ccccc1OCCN(C)C(=O)[C@@H](N)CCSC. The maximum Gasteiger partial charge on any atom is 0.239 e. The van der Waals surface area contributed by atoms with Gasteiger partial charge in [0.2, 0.25) is 5.91 Å². The first-order chi connectivity index (χ1) is 10.1. The van der Waals surface area contributed by atoms with Crippen molar-refractivity contribution >= 4 is 17.7 Å². The molecule has 1 amide bonds. The fourth-order valence-electron chi connectivity index (χ4n) is 1.79. The lowest BCUT2D eigenvalue weighted by Gasteiger charge is -2.21. The second kappa shape index (κ2) is 9.52. The van der Waals surface area contributed by atoms with E-state index in [0.29, 0.717) is 31.1 Å². The number of carbonyl (C=O) groups excluding carboxylic acids is 1. The van der Waals surface area contributed by atoms with E-state index in [4.69, 9.17) is 15.2 Å². The van der Waals surface area contributed by atoms with Crippen LogP contribution in [-0.4, -0.2) is 56.2 Å². The summed E-state index contributed by atoms with van der Waals surface area (Å²) in [6.45, 7) is 0.891. The topological polar surface area (TPSA) is 64.8 Å². The zero-order chi connectivity index (χ0) is 15.7. The van der Waals surface area contributed by atoms with Crippen molar-refractivity contribution < 1.29 is 14.3 Å². The van der Waals surface area contributed by atoms with Crippen molar-refractivity contribution in [2.45, 2.75) is 12.5 Å². The number of nitrogens with two attached hydrogens (primary N) is 1. The van der Waals surface area contributed by atoms with Gasteiger partial charge in [-0.25, -0.2) is 0 Å². The first kappa shape index (κ1) is 17.7. The molecule has 1 rings (SSSR count). The van der Waals surface area contributed by atoms with Crippen molar-refractivity contribution in [3.8, 4) is 11.5 Å². The molecule has 0 aliphatic rings. The Morgan fingerprint density at radius 1 is 1.38 bits per heavy atom. The third-order valence-electron chi connectivity index (χ3n) is 3.08. The van der Waals surface area contributed by atoms with Crippen LogP contribution in [0, 0.1) is 0 Å². The molecule has 0 unspecified atom stereocenters. The molecule has 0 bridgehead atoms. The average molecular weight is 312 g/mol. The van der Waals surface area contributed by atoms with Gasteiger partial charge in [0.1, 0.15) is 6.61 Å². The predicted molar refractivity (Wildman–Crippen MR) is 87.1 cm³/mol. The highest BCUT2D eigenvalue weighted by Gasteiger charge is 2.17. The van der Waals surface area contributed by atoms with Crippen molar-refractivity contribution in [1.82, 2.24) is 4.90 Å². The summed E-state index contributed by atoms with van der Waals surface area (Å²) < 4.78 is 10.9. The molecule has 1 aromatic rings. The van der Waals surface area contributed by atoms with E-state index in [2.05, 4.69) is 0 Å². The summed E-state index contributed by atoms with van der Waals surface area (Å²) in [5, 5.41) is 0. The second-order valence-electron chi connectivity index (χ2n) is 4.65. The second-order valence-corrected chi connectivity index (χ2v) is 5.63. The molecule has 1 atom stereocenters. The molecule has 6 heteroatoms. The van der Waals surface area contributed by atoms with Crippen LogP contribution in [0.2, 0.25) is 0 Å². The van der Waals surface area contributed by atoms with Gasteiger partial charge in [0, 0.05) is 7.05 Å². The first-order valence-electron chi connectivity index (χ1n) is 6.85. The highest BCUT2D eigenvalue weighted by Crippen LogP contribution is 2.25. The Balaban J connectivity index is 2.39. The predicted octanol–water partition coefficient (Wildman–Crippen LogP) is 1.61. The van der Waals surface area contributed by atoms with Crippen LogP contribution < -0.4 is 15.2 Å². The lowest BCUT2D eigenvalue weighted by Crippen LogP contribution is -2.43. The highest BCUT2D eigenvalue weighted by molar-refractivity contribution is 7.98. The van der Waals surface area contributed by atoms with Gasteiger partial charge in [-0.05, 0) is 30.6 Å². The quantitative estimate of drug-likeness (QED) is 0.750. The molecule has 0 fully saturated rings. The lowest BCUT2D eigenvalue weighted by molar-refractivity contribution is -0.131. The van der Waals surface area contributed by atoms with Crippen LogP contribution in [0.3, 0.4) is 0 Å². The van der Waals surface area contributed by atoms with Crippen molar-refractivity contribution in [2.24, 2.45) is 5.73 Å². The summed E-state index contributed by atoms with van der Waals surface area (Å²) in [4.78, 5) is 13.6. The van der Waals surface area contributed by atoms with Crippen LogP contribution >= 0.6 is 11.8 Å². The molecule has 21 heavy (non-hydrogen) atoms. The maximum absolute atomic E-state index is 12.0. The molecule has 0 aliphatic heterocycles. The number of amides is 1. The van der Waals surface area contributed by atoms with Crippen molar-refractivity contribution in [1.29, 1.82) is 0 Å². The molecule has 0 aromatic heterocycles. The van der Waals surface area contributed by atoms with E-state index in [1.165, 1.54) is 0 Å². The van der Waals surface area contributed by atoms with E-state index in [1.807, 2.05) is 30.5 Å². The minimum absolute atomic E-state index is 0.0484. The number of rotatable bonds is 9. The minimum atomic E-state index is -0.436. The number of para-hydroxylation sites is 2. The first-order valence-corrected chi connectivity index (χ1v) is 8.24. The van der Waals surface area contributed by atoms with Gasteiger partial charge < -0.3 is 20.1 Å². The van der Waals surface area contributed by atoms with E-state index in [1.54, 1.807) is 30.8 Å². The van der Waals surface area contributed by atoms with Crippen LogP contribution in [0.5, 0.6) is 11.5 Å².